The number of aryl methyl sites for hydroxylation is 1. The van der Waals surface area contributed by atoms with Gasteiger partial charge in [0.25, 0.3) is 10.0 Å². The van der Waals surface area contributed by atoms with E-state index >= 15 is 0 Å². The number of hydrogen-bond acceptors (Lipinski definition) is 5. The molecule has 1 aliphatic heterocycles. The largest absolute Gasteiger partial charge is 0.399 e. The molecule has 1 aromatic carbocycles. The SMILES string of the molecule is Cc1cc(N)cc(S(=O)(=O)NN2CCN(C)CC2)c1. The first-order valence-electron chi connectivity index (χ1n) is 6.20. The van der Waals surface area contributed by atoms with Crippen molar-refractivity contribution < 1.29 is 8.42 Å². The van der Waals surface area contributed by atoms with Crippen molar-refractivity contribution >= 4 is 15.7 Å². The maximum absolute atomic E-state index is 12.3. The second kappa shape index (κ2) is 5.46. The zero-order valence-electron chi connectivity index (χ0n) is 11.3. The molecule has 0 atom stereocenters. The summed E-state index contributed by atoms with van der Waals surface area (Å²) in [6, 6.07) is 4.84. The van der Waals surface area contributed by atoms with E-state index in [1.54, 1.807) is 17.1 Å². The molecule has 0 bridgehead atoms. The molecular formula is C12H20N4O2S. The first-order chi connectivity index (χ1) is 8.87. The number of sulfonamides is 1. The highest BCUT2D eigenvalue weighted by Crippen LogP contribution is 2.16. The van der Waals surface area contributed by atoms with Gasteiger partial charge in [0.2, 0.25) is 0 Å². The van der Waals surface area contributed by atoms with E-state index in [1.165, 1.54) is 6.07 Å². The highest BCUT2D eigenvalue weighted by atomic mass is 32.2. The first kappa shape index (κ1) is 14.3. The summed E-state index contributed by atoms with van der Waals surface area (Å²) in [6.07, 6.45) is 0. The standard InChI is InChI=1S/C12H20N4O2S/c1-10-7-11(13)9-12(8-10)19(17,18)14-16-5-3-15(2)4-6-16/h7-9,14H,3-6,13H2,1-2H3. The second-order valence-corrected chi connectivity index (χ2v) is 6.63. The summed E-state index contributed by atoms with van der Waals surface area (Å²) in [5.41, 5.74) is 6.98. The van der Waals surface area contributed by atoms with Gasteiger partial charge in [-0.1, -0.05) is 0 Å². The van der Waals surface area contributed by atoms with Gasteiger partial charge in [0, 0.05) is 31.9 Å². The summed E-state index contributed by atoms with van der Waals surface area (Å²) in [6.45, 7) is 4.87. The molecule has 0 amide bonds. The lowest BCUT2D eigenvalue weighted by Crippen LogP contribution is -2.52. The number of benzene rings is 1. The third-order valence-electron chi connectivity index (χ3n) is 3.14. The summed E-state index contributed by atoms with van der Waals surface area (Å²) in [7, 11) is -1.52. The van der Waals surface area contributed by atoms with Gasteiger partial charge in [-0.25, -0.2) is 13.4 Å². The van der Waals surface area contributed by atoms with Crippen molar-refractivity contribution in [2.24, 2.45) is 0 Å². The number of piperazine rings is 1. The fourth-order valence-corrected chi connectivity index (χ4v) is 3.31. The number of hydrogen-bond donors (Lipinski definition) is 2. The summed E-state index contributed by atoms with van der Waals surface area (Å²) in [4.78, 5) is 4.98. The van der Waals surface area contributed by atoms with Crippen LogP contribution in [0.5, 0.6) is 0 Å². The van der Waals surface area contributed by atoms with E-state index in [2.05, 4.69) is 9.73 Å². The average molecular weight is 284 g/mol. The van der Waals surface area contributed by atoms with Gasteiger partial charge in [-0.15, -0.1) is 4.83 Å². The van der Waals surface area contributed by atoms with Crippen LogP contribution in [-0.4, -0.2) is 51.6 Å². The van der Waals surface area contributed by atoms with Crippen LogP contribution in [0.1, 0.15) is 5.56 Å². The van der Waals surface area contributed by atoms with Gasteiger partial charge in [-0.2, -0.15) is 0 Å². The smallest absolute Gasteiger partial charge is 0.253 e. The first-order valence-corrected chi connectivity index (χ1v) is 7.68. The Balaban J connectivity index is 2.14. The molecule has 6 nitrogen and oxygen atoms in total. The fourth-order valence-electron chi connectivity index (χ4n) is 2.05. The van der Waals surface area contributed by atoms with Gasteiger partial charge in [0.1, 0.15) is 0 Å². The lowest BCUT2D eigenvalue weighted by atomic mass is 10.2. The monoisotopic (exact) mass is 284 g/mol. The van der Waals surface area contributed by atoms with Crippen molar-refractivity contribution in [1.29, 1.82) is 0 Å². The van der Waals surface area contributed by atoms with Crippen molar-refractivity contribution in [3.05, 3.63) is 23.8 Å². The van der Waals surface area contributed by atoms with Gasteiger partial charge >= 0.3 is 0 Å². The Bertz CT molecular complexity index is 531. The maximum atomic E-state index is 12.3. The van der Waals surface area contributed by atoms with Gasteiger partial charge < -0.3 is 10.6 Å². The van der Waals surface area contributed by atoms with Crippen LogP contribution in [0, 0.1) is 6.92 Å². The quantitative estimate of drug-likeness (QED) is 0.765. The van der Waals surface area contributed by atoms with Crippen LogP contribution in [0.25, 0.3) is 0 Å². The Morgan fingerprint density at radius 1 is 1.16 bits per heavy atom. The molecule has 0 aliphatic carbocycles. The van der Waals surface area contributed by atoms with Crippen LogP contribution in [-0.2, 0) is 10.0 Å². The maximum Gasteiger partial charge on any atom is 0.253 e. The normalized spacial score (nSPS) is 18.6. The Morgan fingerprint density at radius 3 is 2.37 bits per heavy atom. The van der Waals surface area contributed by atoms with Crippen molar-refractivity contribution in [3.8, 4) is 0 Å². The predicted molar refractivity (Wildman–Crippen MR) is 75.0 cm³/mol. The topological polar surface area (TPSA) is 78.7 Å². The molecule has 3 N–H and O–H groups in total. The van der Waals surface area contributed by atoms with E-state index in [0.717, 1.165) is 18.7 Å². The van der Waals surface area contributed by atoms with E-state index < -0.39 is 10.0 Å². The number of nitrogens with zero attached hydrogens (tertiary/aromatic N) is 2. The summed E-state index contributed by atoms with van der Waals surface area (Å²) in [5, 5.41) is 1.73. The number of nitrogens with one attached hydrogen (secondary N) is 1. The minimum Gasteiger partial charge on any atom is -0.399 e. The zero-order chi connectivity index (χ0) is 14.0. The summed E-state index contributed by atoms with van der Waals surface area (Å²) >= 11 is 0. The number of nitrogens with two attached hydrogens (primary N) is 1. The minimum atomic E-state index is -3.54. The van der Waals surface area contributed by atoms with E-state index in [4.69, 9.17) is 5.73 Å². The molecule has 1 aromatic rings. The molecular weight excluding hydrogens is 264 g/mol. The van der Waals surface area contributed by atoms with E-state index in [0.29, 0.717) is 18.8 Å². The van der Waals surface area contributed by atoms with Gasteiger partial charge in [0.05, 0.1) is 4.90 Å². The summed E-state index contributed by atoms with van der Waals surface area (Å²) < 4.78 is 24.5. The zero-order valence-corrected chi connectivity index (χ0v) is 12.1. The van der Waals surface area contributed by atoms with E-state index in [9.17, 15) is 8.42 Å². The van der Waals surface area contributed by atoms with Gasteiger partial charge in [-0.05, 0) is 37.7 Å². The fraction of sp³-hybridized carbons (Fsp3) is 0.500. The van der Waals surface area contributed by atoms with E-state index in [-0.39, 0.29) is 4.90 Å². The van der Waals surface area contributed by atoms with Crippen molar-refractivity contribution in [1.82, 2.24) is 14.7 Å². The second-order valence-electron chi connectivity index (χ2n) is 4.96. The summed E-state index contributed by atoms with van der Waals surface area (Å²) in [5.74, 6) is 0. The van der Waals surface area contributed by atoms with E-state index in [1.807, 2.05) is 14.0 Å². The molecule has 1 saturated heterocycles. The molecule has 1 aliphatic rings. The molecule has 0 radical (unpaired) electrons. The lowest BCUT2D eigenvalue weighted by Gasteiger charge is -2.32. The van der Waals surface area contributed by atoms with Gasteiger partial charge in [0.15, 0.2) is 0 Å². The minimum absolute atomic E-state index is 0.212. The van der Waals surface area contributed by atoms with Crippen molar-refractivity contribution in [2.45, 2.75) is 11.8 Å². The molecule has 0 unspecified atom stereocenters. The molecule has 19 heavy (non-hydrogen) atoms. The van der Waals surface area contributed by atoms with Gasteiger partial charge in [-0.3, -0.25) is 0 Å². The van der Waals surface area contributed by atoms with Crippen LogP contribution in [0.15, 0.2) is 23.1 Å². The molecule has 7 heteroatoms. The average Bonchev–Trinajstić information content (AvgIpc) is 2.31. The molecule has 1 heterocycles. The molecule has 2 rings (SSSR count). The Morgan fingerprint density at radius 2 is 1.79 bits per heavy atom. The third-order valence-corrected chi connectivity index (χ3v) is 4.49. The van der Waals surface area contributed by atoms with Crippen LogP contribution in [0.3, 0.4) is 0 Å². The lowest BCUT2D eigenvalue weighted by molar-refractivity contribution is 0.135. The molecule has 0 spiro atoms. The molecule has 0 saturated carbocycles. The van der Waals surface area contributed by atoms with Crippen molar-refractivity contribution in [3.63, 3.8) is 0 Å². The Labute approximate surface area is 114 Å². The highest BCUT2D eigenvalue weighted by Gasteiger charge is 2.21. The molecule has 1 fully saturated rings. The predicted octanol–water partition coefficient (Wildman–Crippen LogP) is 0.0179. The van der Waals surface area contributed by atoms with Crippen LogP contribution >= 0.6 is 0 Å². The Hall–Kier alpha value is -1.15. The van der Waals surface area contributed by atoms with Crippen LogP contribution in [0.2, 0.25) is 0 Å². The number of anilines is 1. The number of likely N-dealkylation sites (N-methyl/N-ethyl adjacent to an activating group) is 1. The van der Waals surface area contributed by atoms with Crippen molar-refractivity contribution in [2.75, 3.05) is 39.0 Å². The molecule has 0 aromatic heterocycles. The number of hydrazine groups is 1. The number of nitrogen functional groups attached to an aromatic ring is 1. The third kappa shape index (κ3) is 3.66. The Kier molecular flexibility index (Phi) is 4.10. The van der Waals surface area contributed by atoms with Crippen LogP contribution < -0.4 is 10.6 Å². The van der Waals surface area contributed by atoms with Crippen LogP contribution in [0.4, 0.5) is 5.69 Å². The molecule has 106 valence electrons. The highest BCUT2D eigenvalue weighted by molar-refractivity contribution is 7.89. The number of rotatable bonds is 3.